The fourth-order valence-electron chi connectivity index (χ4n) is 4.33. The lowest BCUT2D eigenvalue weighted by Crippen LogP contribution is -2.29. The fraction of sp³-hybridized carbons (Fsp3) is 0.0345. The summed E-state index contributed by atoms with van der Waals surface area (Å²) < 4.78 is 0. The Morgan fingerprint density at radius 2 is 1.42 bits per heavy atom. The second-order valence-electron chi connectivity index (χ2n) is 8.57. The minimum atomic E-state index is -0.302. The number of carbonyl (C=O) groups is 3. The molecule has 1 aromatic heterocycles. The van der Waals surface area contributed by atoms with Gasteiger partial charge < -0.3 is 10.3 Å². The Morgan fingerprint density at radius 1 is 0.778 bits per heavy atom. The Hall–Kier alpha value is -5.04. The summed E-state index contributed by atoms with van der Waals surface area (Å²) >= 11 is 0. The molecule has 7 nitrogen and oxygen atoms in total. The molecule has 174 valence electrons. The number of benzene rings is 4. The molecule has 4 aromatic carbocycles. The van der Waals surface area contributed by atoms with E-state index in [1.54, 1.807) is 48.5 Å². The molecule has 5 aromatic rings. The lowest BCUT2D eigenvalue weighted by Gasteiger charge is -2.14. The molecule has 6 rings (SSSR count). The van der Waals surface area contributed by atoms with E-state index >= 15 is 0 Å². The van der Waals surface area contributed by atoms with Crippen LogP contribution in [-0.4, -0.2) is 32.6 Å². The molecule has 0 fully saturated rings. The van der Waals surface area contributed by atoms with Crippen LogP contribution in [0, 0.1) is 0 Å². The van der Waals surface area contributed by atoms with Gasteiger partial charge in [-0.1, -0.05) is 36.4 Å². The van der Waals surface area contributed by atoms with Crippen molar-refractivity contribution < 1.29 is 14.4 Å². The second kappa shape index (κ2) is 8.63. The van der Waals surface area contributed by atoms with E-state index in [1.807, 2.05) is 48.5 Å². The number of imidazole rings is 1. The maximum atomic E-state index is 12.7. The van der Waals surface area contributed by atoms with Gasteiger partial charge in [-0.2, -0.15) is 0 Å². The molecule has 0 saturated carbocycles. The fourth-order valence-corrected chi connectivity index (χ4v) is 4.33. The number of H-pyrrole nitrogens is 1. The lowest BCUT2D eigenvalue weighted by molar-refractivity contribution is 0.0642. The van der Waals surface area contributed by atoms with E-state index in [0.717, 1.165) is 28.0 Å². The van der Waals surface area contributed by atoms with Crippen LogP contribution in [0.3, 0.4) is 0 Å². The van der Waals surface area contributed by atoms with Crippen molar-refractivity contribution in [3.05, 3.63) is 119 Å². The first-order valence-electron chi connectivity index (χ1n) is 11.5. The van der Waals surface area contributed by atoms with E-state index in [-0.39, 0.29) is 24.3 Å². The van der Waals surface area contributed by atoms with Crippen molar-refractivity contribution >= 4 is 34.4 Å². The van der Waals surface area contributed by atoms with Crippen LogP contribution in [0.5, 0.6) is 0 Å². The Bertz CT molecular complexity index is 1570. The van der Waals surface area contributed by atoms with Crippen molar-refractivity contribution in [1.82, 2.24) is 14.9 Å². The third kappa shape index (κ3) is 3.82. The van der Waals surface area contributed by atoms with Gasteiger partial charge in [0.05, 0.1) is 28.7 Å². The minimum Gasteiger partial charge on any atom is -0.338 e. The van der Waals surface area contributed by atoms with Crippen LogP contribution in [0.2, 0.25) is 0 Å². The highest BCUT2D eigenvalue weighted by Gasteiger charge is 2.34. The van der Waals surface area contributed by atoms with E-state index in [0.29, 0.717) is 22.4 Å². The van der Waals surface area contributed by atoms with Gasteiger partial charge in [-0.3, -0.25) is 19.3 Å². The normalized spacial score (nSPS) is 12.7. The quantitative estimate of drug-likeness (QED) is 0.340. The third-order valence-corrected chi connectivity index (χ3v) is 6.24. The van der Waals surface area contributed by atoms with Crippen molar-refractivity contribution in [2.45, 2.75) is 6.54 Å². The van der Waals surface area contributed by atoms with Crippen molar-refractivity contribution in [3.63, 3.8) is 0 Å². The van der Waals surface area contributed by atoms with E-state index in [4.69, 9.17) is 0 Å². The van der Waals surface area contributed by atoms with Crippen LogP contribution in [-0.2, 0) is 6.54 Å². The number of nitrogens with zero attached hydrogens (tertiary/aromatic N) is 2. The summed E-state index contributed by atoms with van der Waals surface area (Å²) in [6, 6.07) is 29.0. The number of fused-ring (bicyclic) bond motifs is 2. The number of hydrogen-bond donors (Lipinski definition) is 2. The number of rotatable bonds is 5. The largest absolute Gasteiger partial charge is 0.338 e. The predicted molar refractivity (Wildman–Crippen MR) is 137 cm³/mol. The zero-order chi connectivity index (χ0) is 24.6. The van der Waals surface area contributed by atoms with Crippen LogP contribution in [0.15, 0.2) is 97.1 Å². The number of imide groups is 1. The molecule has 0 radical (unpaired) electrons. The first-order chi connectivity index (χ1) is 17.6. The summed E-state index contributed by atoms with van der Waals surface area (Å²) in [6.45, 7) is 0.150. The summed E-state index contributed by atoms with van der Waals surface area (Å²) in [7, 11) is 0. The molecule has 2 N–H and O–H groups in total. The van der Waals surface area contributed by atoms with Gasteiger partial charge in [0.1, 0.15) is 5.82 Å². The summed E-state index contributed by atoms with van der Waals surface area (Å²) in [5, 5.41) is 2.89. The molecule has 0 bridgehead atoms. The second-order valence-corrected chi connectivity index (χ2v) is 8.57. The Kier molecular flexibility index (Phi) is 5.15. The van der Waals surface area contributed by atoms with Gasteiger partial charge in [0, 0.05) is 16.8 Å². The number of hydrogen-bond acceptors (Lipinski definition) is 4. The zero-order valence-corrected chi connectivity index (χ0v) is 19.1. The average Bonchev–Trinajstić information content (AvgIpc) is 3.45. The highest BCUT2D eigenvalue weighted by Crippen LogP contribution is 2.25. The molecule has 3 amide bonds. The van der Waals surface area contributed by atoms with Gasteiger partial charge in [-0.05, 0) is 66.2 Å². The van der Waals surface area contributed by atoms with Gasteiger partial charge >= 0.3 is 0 Å². The van der Waals surface area contributed by atoms with Gasteiger partial charge in [-0.15, -0.1) is 0 Å². The molecule has 0 unspecified atom stereocenters. The molecule has 0 spiro atoms. The molecule has 1 aliphatic rings. The Balaban J connectivity index is 1.11. The van der Waals surface area contributed by atoms with Crippen molar-refractivity contribution in [2.24, 2.45) is 0 Å². The van der Waals surface area contributed by atoms with E-state index < -0.39 is 0 Å². The van der Waals surface area contributed by atoms with Crippen LogP contribution in [0.4, 0.5) is 5.69 Å². The van der Waals surface area contributed by atoms with E-state index in [1.165, 1.54) is 4.90 Å². The van der Waals surface area contributed by atoms with Gasteiger partial charge in [0.25, 0.3) is 17.7 Å². The predicted octanol–water partition coefficient (Wildman–Crippen LogP) is 5.28. The Labute approximate surface area is 206 Å². The van der Waals surface area contributed by atoms with Gasteiger partial charge in [-0.25, -0.2) is 4.98 Å². The summed E-state index contributed by atoms with van der Waals surface area (Å²) in [6.07, 6.45) is 0. The number of aromatic nitrogens is 2. The zero-order valence-electron chi connectivity index (χ0n) is 19.1. The Morgan fingerprint density at radius 3 is 2.08 bits per heavy atom. The van der Waals surface area contributed by atoms with Gasteiger partial charge in [0.15, 0.2) is 0 Å². The highest BCUT2D eigenvalue weighted by molar-refractivity contribution is 6.21. The van der Waals surface area contributed by atoms with Crippen LogP contribution >= 0.6 is 0 Å². The summed E-state index contributed by atoms with van der Waals surface area (Å²) in [5.41, 5.74) is 5.53. The summed E-state index contributed by atoms with van der Waals surface area (Å²) in [5.74, 6) is -0.0893. The SMILES string of the molecule is O=C(Nc1ccc(-c2nc3ccccc3[nH]2)cc1)c1ccc(CN2C(=O)c3ccccc3C2=O)cc1. The van der Waals surface area contributed by atoms with E-state index in [2.05, 4.69) is 15.3 Å². The molecule has 0 saturated heterocycles. The first-order valence-corrected chi connectivity index (χ1v) is 11.5. The maximum absolute atomic E-state index is 12.7. The van der Waals surface area contributed by atoms with Crippen molar-refractivity contribution in [2.75, 3.05) is 5.32 Å². The topological polar surface area (TPSA) is 95.2 Å². The number of amides is 3. The van der Waals surface area contributed by atoms with Crippen molar-refractivity contribution in [3.8, 4) is 11.4 Å². The minimum absolute atomic E-state index is 0.150. The monoisotopic (exact) mass is 472 g/mol. The molecule has 0 atom stereocenters. The number of anilines is 1. The number of carbonyl (C=O) groups excluding carboxylic acids is 3. The number of aromatic amines is 1. The van der Waals surface area contributed by atoms with Crippen LogP contribution in [0.1, 0.15) is 36.6 Å². The van der Waals surface area contributed by atoms with Crippen LogP contribution < -0.4 is 5.32 Å². The lowest BCUT2D eigenvalue weighted by atomic mass is 10.1. The standard InChI is InChI=1S/C29H20N4O3/c34-27(30-21-15-13-19(14-16-21)26-31-24-7-3-4-8-25(24)32-26)20-11-9-18(10-12-20)17-33-28(35)22-5-1-2-6-23(22)29(33)36/h1-16H,17H2,(H,30,34)(H,31,32). The molecular formula is C29H20N4O3. The van der Waals surface area contributed by atoms with Crippen molar-refractivity contribution in [1.29, 1.82) is 0 Å². The maximum Gasteiger partial charge on any atom is 0.261 e. The molecule has 0 aliphatic carbocycles. The van der Waals surface area contributed by atoms with E-state index in [9.17, 15) is 14.4 Å². The van der Waals surface area contributed by atoms with Crippen LogP contribution in [0.25, 0.3) is 22.4 Å². The number of nitrogens with one attached hydrogen (secondary N) is 2. The third-order valence-electron chi connectivity index (χ3n) is 6.24. The number of para-hydroxylation sites is 2. The molecule has 36 heavy (non-hydrogen) atoms. The smallest absolute Gasteiger partial charge is 0.261 e. The first kappa shape index (κ1) is 21.5. The molecule has 1 aliphatic heterocycles. The highest BCUT2D eigenvalue weighted by atomic mass is 16.2. The molecule has 7 heteroatoms. The average molecular weight is 473 g/mol. The van der Waals surface area contributed by atoms with Gasteiger partial charge in [0.2, 0.25) is 0 Å². The molecular weight excluding hydrogens is 452 g/mol. The molecule has 2 heterocycles. The summed E-state index contributed by atoms with van der Waals surface area (Å²) in [4.78, 5) is 47.0.